The molecule has 7 nitrogen and oxygen atoms in total. The number of hydrogen-bond acceptors (Lipinski definition) is 4. The minimum absolute atomic E-state index is 0.0247. The molecule has 1 spiro atoms. The average molecular weight is 326 g/mol. The Morgan fingerprint density at radius 3 is 2.96 bits per heavy atom. The zero-order valence-electron chi connectivity index (χ0n) is 12.5. The van der Waals surface area contributed by atoms with E-state index in [0.29, 0.717) is 26.1 Å². The normalized spacial score (nSPS) is 29.6. The minimum atomic E-state index is -2.73. The van der Waals surface area contributed by atoms with E-state index >= 15 is 0 Å². The lowest BCUT2D eigenvalue weighted by molar-refractivity contribution is -0.136. The largest absolute Gasteiger partial charge is 0.351 e. The van der Waals surface area contributed by atoms with Crippen LogP contribution in [0, 0.1) is 0 Å². The van der Waals surface area contributed by atoms with Gasteiger partial charge in [-0.05, 0) is 6.07 Å². The number of carbonyl (C=O) groups is 2. The van der Waals surface area contributed by atoms with Crippen LogP contribution in [0.25, 0.3) is 0 Å². The van der Waals surface area contributed by atoms with Gasteiger partial charge in [0.1, 0.15) is 11.4 Å². The zero-order valence-corrected chi connectivity index (χ0v) is 12.5. The number of carbonyl (C=O) groups excluding carboxylic acids is 2. The second-order valence-corrected chi connectivity index (χ2v) is 6.09. The Labute approximate surface area is 130 Å². The quantitative estimate of drug-likeness (QED) is 0.795. The van der Waals surface area contributed by atoms with Gasteiger partial charge >= 0.3 is 0 Å². The Kier molecular flexibility index (Phi) is 2.99. The number of aryl methyl sites for hydroxylation is 1. The third kappa shape index (κ3) is 1.85. The molecule has 2 atom stereocenters. The van der Waals surface area contributed by atoms with Crippen LogP contribution in [0.2, 0.25) is 0 Å². The van der Waals surface area contributed by atoms with E-state index in [0.717, 1.165) is 6.07 Å². The highest BCUT2D eigenvalue weighted by Crippen LogP contribution is 2.45. The lowest BCUT2D eigenvalue weighted by Crippen LogP contribution is -2.49. The summed E-state index contributed by atoms with van der Waals surface area (Å²) in [5.74, 6) is -0.415. The Morgan fingerprint density at radius 1 is 1.48 bits per heavy atom. The third-order valence-electron chi connectivity index (χ3n) is 5.00. The van der Waals surface area contributed by atoms with Gasteiger partial charge in [0.05, 0.1) is 19.1 Å². The van der Waals surface area contributed by atoms with Crippen molar-refractivity contribution in [1.29, 1.82) is 0 Å². The van der Waals surface area contributed by atoms with Crippen molar-refractivity contribution in [2.75, 3.05) is 19.7 Å². The van der Waals surface area contributed by atoms with Gasteiger partial charge in [0.15, 0.2) is 5.72 Å². The van der Waals surface area contributed by atoms with Gasteiger partial charge in [0.25, 0.3) is 12.3 Å². The summed E-state index contributed by atoms with van der Waals surface area (Å²) >= 11 is 0. The van der Waals surface area contributed by atoms with Crippen LogP contribution in [0.1, 0.15) is 35.4 Å². The number of amides is 2. The van der Waals surface area contributed by atoms with Crippen molar-refractivity contribution in [2.24, 2.45) is 7.05 Å². The molecule has 0 saturated carbocycles. The van der Waals surface area contributed by atoms with Gasteiger partial charge in [0.2, 0.25) is 5.91 Å². The van der Waals surface area contributed by atoms with E-state index in [1.165, 1.54) is 11.7 Å². The molecule has 0 N–H and O–H groups in total. The first-order valence-electron chi connectivity index (χ1n) is 7.51. The number of aromatic nitrogens is 2. The number of rotatable bonds is 2. The summed E-state index contributed by atoms with van der Waals surface area (Å²) in [6.45, 7) is 1.44. The highest BCUT2D eigenvalue weighted by Gasteiger charge is 2.63. The summed E-state index contributed by atoms with van der Waals surface area (Å²) in [5, 5.41) is 3.68. The number of ether oxygens (including phenoxy) is 1. The predicted molar refractivity (Wildman–Crippen MR) is 72.6 cm³/mol. The first-order valence-corrected chi connectivity index (χ1v) is 7.51. The van der Waals surface area contributed by atoms with Crippen molar-refractivity contribution in [3.63, 3.8) is 0 Å². The molecule has 0 radical (unpaired) electrons. The Hall–Kier alpha value is -2.03. The van der Waals surface area contributed by atoms with E-state index in [1.54, 1.807) is 9.80 Å². The lowest BCUT2D eigenvalue weighted by atomic mass is 10.1. The molecule has 3 saturated heterocycles. The van der Waals surface area contributed by atoms with Crippen LogP contribution >= 0.6 is 0 Å². The molecular formula is C14H16F2N4O3. The van der Waals surface area contributed by atoms with Crippen LogP contribution in [-0.2, 0) is 16.6 Å². The highest BCUT2D eigenvalue weighted by atomic mass is 19.3. The predicted octanol–water partition coefficient (Wildman–Crippen LogP) is 0.531. The maximum Gasteiger partial charge on any atom is 0.282 e. The van der Waals surface area contributed by atoms with Gasteiger partial charge in [0, 0.05) is 26.6 Å². The molecule has 1 aromatic rings. The summed E-state index contributed by atoms with van der Waals surface area (Å²) in [6, 6.07) is 0.747. The molecular weight excluding hydrogens is 310 g/mol. The summed E-state index contributed by atoms with van der Waals surface area (Å²) < 4.78 is 32.5. The Bertz CT molecular complexity index is 692. The molecule has 3 fully saturated rings. The molecule has 0 aromatic carbocycles. The second-order valence-electron chi connectivity index (χ2n) is 6.09. The number of likely N-dealkylation sites (tertiary alicyclic amines) is 1. The molecule has 124 valence electrons. The van der Waals surface area contributed by atoms with Crippen molar-refractivity contribution < 1.29 is 23.1 Å². The first-order chi connectivity index (χ1) is 10.9. The minimum Gasteiger partial charge on any atom is -0.351 e. The molecule has 3 aliphatic heterocycles. The maximum absolute atomic E-state index is 12.8. The fourth-order valence-corrected chi connectivity index (χ4v) is 3.98. The van der Waals surface area contributed by atoms with Gasteiger partial charge < -0.3 is 14.5 Å². The number of hydrogen-bond donors (Lipinski definition) is 0. The summed E-state index contributed by atoms with van der Waals surface area (Å²) in [6.07, 6.45) is -1.96. The van der Waals surface area contributed by atoms with Crippen LogP contribution in [0.15, 0.2) is 6.07 Å². The monoisotopic (exact) mass is 326 g/mol. The first kappa shape index (κ1) is 14.6. The number of nitrogens with zero attached hydrogens (tertiary/aromatic N) is 4. The van der Waals surface area contributed by atoms with E-state index in [1.807, 2.05) is 0 Å². The third-order valence-corrected chi connectivity index (χ3v) is 5.00. The molecule has 1 aromatic heterocycles. The van der Waals surface area contributed by atoms with E-state index in [4.69, 9.17) is 4.74 Å². The van der Waals surface area contributed by atoms with Crippen LogP contribution < -0.4 is 0 Å². The number of alkyl halides is 2. The fourth-order valence-electron chi connectivity index (χ4n) is 3.98. The standard InChI is InChI=1S/C14H16F2N4O3/c1-18-9(6-8(17-18)12(15)16)13(22)19-3-2-14-10(19)7-11(21)20(14)4-5-23-14/h6,10,12H,2-5,7H2,1H3/t10-,14+/m1/s1. The molecule has 0 unspecified atom stereocenters. The van der Waals surface area contributed by atoms with Crippen LogP contribution in [-0.4, -0.2) is 62.9 Å². The highest BCUT2D eigenvalue weighted by molar-refractivity contribution is 5.94. The van der Waals surface area contributed by atoms with E-state index in [9.17, 15) is 18.4 Å². The molecule has 2 amide bonds. The maximum atomic E-state index is 12.8. The molecule has 0 bridgehead atoms. The van der Waals surface area contributed by atoms with E-state index in [-0.39, 0.29) is 30.0 Å². The smallest absolute Gasteiger partial charge is 0.282 e. The molecule has 0 aliphatic carbocycles. The van der Waals surface area contributed by atoms with Crippen LogP contribution in [0.4, 0.5) is 8.78 Å². The topological polar surface area (TPSA) is 67.7 Å². The summed E-state index contributed by atoms with van der Waals surface area (Å²) in [5.41, 5.74) is -1.05. The van der Waals surface area contributed by atoms with Crippen molar-refractivity contribution in [2.45, 2.75) is 31.0 Å². The lowest BCUT2D eigenvalue weighted by Gasteiger charge is -2.31. The molecule has 3 aliphatic rings. The van der Waals surface area contributed by atoms with Gasteiger partial charge in [-0.3, -0.25) is 14.3 Å². The van der Waals surface area contributed by atoms with Crippen molar-refractivity contribution in [3.05, 3.63) is 17.5 Å². The average Bonchev–Trinajstić information content (AvgIpc) is 3.21. The molecule has 23 heavy (non-hydrogen) atoms. The summed E-state index contributed by atoms with van der Waals surface area (Å²) in [7, 11) is 1.46. The zero-order chi connectivity index (χ0) is 16.4. The fraction of sp³-hybridized carbons (Fsp3) is 0.643. The van der Waals surface area contributed by atoms with Gasteiger partial charge in [-0.25, -0.2) is 8.78 Å². The summed E-state index contributed by atoms with van der Waals surface area (Å²) in [4.78, 5) is 28.2. The SMILES string of the molecule is Cn1nc(C(F)F)cc1C(=O)N1CC[C@@]23OCCN2C(=O)C[C@@H]13. The van der Waals surface area contributed by atoms with E-state index in [2.05, 4.69) is 5.10 Å². The van der Waals surface area contributed by atoms with Gasteiger partial charge in [-0.15, -0.1) is 0 Å². The molecule has 9 heteroatoms. The van der Waals surface area contributed by atoms with Crippen molar-refractivity contribution in [3.8, 4) is 0 Å². The van der Waals surface area contributed by atoms with Crippen LogP contribution in [0.3, 0.4) is 0 Å². The van der Waals surface area contributed by atoms with E-state index < -0.39 is 17.8 Å². The van der Waals surface area contributed by atoms with Crippen molar-refractivity contribution >= 4 is 11.8 Å². The Morgan fingerprint density at radius 2 is 2.26 bits per heavy atom. The van der Waals surface area contributed by atoms with Gasteiger partial charge in [-0.1, -0.05) is 0 Å². The Balaban J connectivity index is 1.64. The second kappa shape index (κ2) is 4.73. The molecule has 4 rings (SSSR count). The van der Waals surface area contributed by atoms with Crippen LogP contribution in [0.5, 0.6) is 0 Å². The molecule has 4 heterocycles. The van der Waals surface area contributed by atoms with Crippen molar-refractivity contribution in [1.82, 2.24) is 19.6 Å². The van der Waals surface area contributed by atoms with Gasteiger partial charge in [-0.2, -0.15) is 5.10 Å². The number of halogens is 2.